The zero-order valence-electron chi connectivity index (χ0n) is 15.0. The van der Waals surface area contributed by atoms with E-state index >= 15 is 0 Å². The largest absolute Gasteiger partial charge is 0.370 e. The van der Waals surface area contributed by atoms with Gasteiger partial charge in [0.2, 0.25) is 0 Å². The zero-order chi connectivity index (χ0) is 17.8. The lowest BCUT2D eigenvalue weighted by Crippen LogP contribution is -2.32. The molecular weight excluding hydrogens is 328 g/mol. The Morgan fingerprint density at radius 3 is 2.77 bits per heavy atom. The number of rotatable bonds is 6. The summed E-state index contributed by atoms with van der Waals surface area (Å²) in [6.07, 6.45) is 9.64. The Bertz CT molecular complexity index is 827. The predicted octanol–water partition coefficient (Wildman–Crippen LogP) is 2.10. The molecule has 0 amide bonds. The molecule has 3 aromatic rings. The highest BCUT2D eigenvalue weighted by atomic mass is 16.5. The Kier molecular flexibility index (Phi) is 5.08. The average Bonchev–Trinajstić information content (AvgIpc) is 3.26. The van der Waals surface area contributed by atoms with Gasteiger partial charge in [0, 0.05) is 56.5 Å². The molecule has 0 bridgehead atoms. The summed E-state index contributed by atoms with van der Waals surface area (Å²) in [5.74, 6) is 0. The summed E-state index contributed by atoms with van der Waals surface area (Å²) in [5, 5.41) is 8.85. The third kappa shape index (κ3) is 4.00. The number of nitrogens with zero attached hydrogens (tertiary/aromatic N) is 6. The van der Waals surface area contributed by atoms with Crippen LogP contribution < -0.4 is 0 Å². The molecule has 26 heavy (non-hydrogen) atoms. The van der Waals surface area contributed by atoms with Gasteiger partial charge < -0.3 is 4.74 Å². The summed E-state index contributed by atoms with van der Waals surface area (Å²) >= 11 is 0. The molecule has 4 heterocycles. The summed E-state index contributed by atoms with van der Waals surface area (Å²) in [5.41, 5.74) is 3.59. The molecule has 7 nitrogen and oxygen atoms in total. The van der Waals surface area contributed by atoms with Gasteiger partial charge in [-0.2, -0.15) is 10.2 Å². The van der Waals surface area contributed by atoms with E-state index in [1.165, 1.54) is 11.3 Å². The van der Waals surface area contributed by atoms with Gasteiger partial charge in [-0.1, -0.05) is 0 Å². The first-order valence-electron chi connectivity index (χ1n) is 9.05. The number of aryl methyl sites for hydroxylation is 1. The number of pyridine rings is 1. The molecule has 0 spiro atoms. The van der Waals surface area contributed by atoms with Crippen molar-refractivity contribution >= 4 is 0 Å². The van der Waals surface area contributed by atoms with E-state index in [-0.39, 0.29) is 6.10 Å². The molecule has 0 unspecified atom stereocenters. The van der Waals surface area contributed by atoms with Gasteiger partial charge in [0.25, 0.3) is 0 Å². The number of fused-ring (bicyclic) bond motifs is 1. The van der Waals surface area contributed by atoms with Crippen LogP contribution in [0.5, 0.6) is 0 Å². The van der Waals surface area contributed by atoms with Gasteiger partial charge in [0.05, 0.1) is 31.1 Å². The van der Waals surface area contributed by atoms with E-state index < -0.39 is 0 Å². The van der Waals surface area contributed by atoms with Gasteiger partial charge in [-0.25, -0.2) is 0 Å². The average molecular weight is 352 g/mol. The summed E-state index contributed by atoms with van der Waals surface area (Å²) in [6, 6.07) is 6.08. The first-order chi connectivity index (χ1) is 12.8. The Balaban J connectivity index is 1.46. The quantitative estimate of drug-likeness (QED) is 0.680. The fourth-order valence-electron chi connectivity index (χ4n) is 3.33. The first-order valence-corrected chi connectivity index (χ1v) is 9.05. The van der Waals surface area contributed by atoms with E-state index in [4.69, 9.17) is 4.74 Å². The van der Waals surface area contributed by atoms with Crippen LogP contribution in [0.4, 0.5) is 0 Å². The van der Waals surface area contributed by atoms with Crippen molar-refractivity contribution in [3.8, 4) is 0 Å². The number of hydrogen-bond donors (Lipinski definition) is 0. The fraction of sp³-hybridized carbons (Fsp3) is 0.421. The lowest BCUT2D eigenvalue weighted by Gasteiger charge is -2.23. The van der Waals surface area contributed by atoms with Crippen LogP contribution in [0.2, 0.25) is 0 Å². The van der Waals surface area contributed by atoms with Crippen molar-refractivity contribution in [3.05, 3.63) is 66.0 Å². The van der Waals surface area contributed by atoms with E-state index in [2.05, 4.69) is 44.0 Å². The number of ether oxygens (including phenoxy) is 1. The predicted molar refractivity (Wildman–Crippen MR) is 97.1 cm³/mol. The van der Waals surface area contributed by atoms with Crippen LogP contribution >= 0.6 is 0 Å². The Hall–Kier alpha value is -2.51. The Morgan fingerprint density at radius 2 is 1.96 bits per heavy atom. The molecule has 1 atom stereocenters. The third-order valence-electron chi connectivity index (χ3n) is 4.68. The Labute approximate surface area is 153 Å². The summed E-state index contributed by atoms with van der Waals surface area (Å²) in [6.45, 7) is 6.96. The minimum atomic E-state index is 0.0885. The lowest BCUT2D eigenvalue weighted by molar-refractivity contribution is 0.00717. The van der Waals surface area contributed by atoms with Crippen LogP contribution in [-0.4, -0.2) is 42.1 Å². The highest BCUT2D eigenvalue weighted by Gasteiger charge is 2.23. The van der Waals surface area contributed by atoms with Gasteiger partial charge >= 0.3 is 0 Å². The van der Waals surface area contributed by atoms with Gasteiger partial charge in [-0.3, -0.25) is 19.2 Å². The standard InChI is InChI=1S/C19H24N6O/c1-2-24-11-17(9-22-24)10-23-12-18-5-8-21-25(18)14-19(13-23)26-15-16-3-6-20-7-4-16/h3-9,11,19H,2,10,12-15H2,1H3/t19-/m1/s1. The molecule has 0 aromatic carbocycles. The molecule has 0 aliphatic carbocycles. The molecule has 1 aliphatic rings. The maximum Gasteiger partial charge on any atom is 0.0902 e. The topological polar surface area (TPSA) is 61.0 Å². The van der Waals surface area contributed by atoms with Crippen LogP contribution in [0.25, 0.3) is 0 Å². The van der Waals surface area contributed by atoms with Crippen LogP contribution in [-0.2, 0) is 37.5 Å². The van der Waals surface area contributed by atoms with Crippen molar-refractivity contribution in [2.24, 2.45) is 0 Å². The molecule has 0 saturated carbocycles. The minimum absolute atomic E-state index is 0.0885. The van der Waals surface area contributed by atoms with Crippen molar-refractivity contribution in [1.29, 1.82) is 0 Å². The van der Waals surface area contributed by atoms with E-state index in [1.807, 2.05) is 29.2 Å². The lowest BCUT2D eigenvalue weighted by atomic mass is 10.2. The molecule has 1 aliphatic heterocycles. The van der Waals surface area contributed by atoms with Crippen molar-refractivity contribution in [3.63, 3.8) is 0 Å². The van der Waals surface area contributed by atoms with Crippen molar-refractivity contribution in [2.75, 3.05) is 6.54 Å². The summed E-state index contributed by atoms with van der Waals surface area (Å²) < 4.78 is 10.2. The van der Waals surface area contributed by atoms with Crippen LogP contribution in [0.1, 0.15) is 23.7 Å². The minimum Gasteiger partial charge on any atom is -0.370 e. The second-order valence-electron chi connectivity index (χ2n) is 6.67. The molecule has 0 fully saturated rings. The van der Waals surface area contributed by atoms with Gasteiger partial charge in [-0.05, 0) is 30.7 Å². The Morgan fingerprint density at radius 1 is 1.08 bits per heavy atom. The van der Waals surface area contributed by atoms with E-state index in [9.17, 15) is 0 Å². The van der Waals surface area contributed by atoms with E-state index in [0.29, 0.717) is 6.61 Å². The van der Waals surface area contributed by atoms with E-state index in [1.54, 1.807) is 12.4 Å². The highest BCUT2D eigenvalue weighted by molar-refractivity contribution is 5.09. The molecule has 0 N–H and O–H groups in total. The van der Waals surface area contributed by atoms with Gasteiger partial charge in [-0.15, -0.1) is 0 Å². The van der Waals surface area contributed by atoms with Crippen LogP contribution in [0.3, 0.4) is 0 Å². The number of aromatic nitrogens is 5. The molecule has 0 radical (unpaired) electrons. The molecular formula is C19H24N6O. The van der Waals surface area contributed by atoms with Crippen molar-refractivity contribution < 1.29 is 4.74 Å². The summed E-state index contributed by atoms with van der Waals surface area (Å²) in [4.78, 5) is 6.47. The van der Waals surface area contributed by atoms with Gasteiger partial charge in [0.15, 0.2) is 0 Å². The maximum absolute atomic E-state index is 6.22. The van der Waals surface area contributed by atoms with Crippen molar-refractivity contribution in [2.45, 2.75) is 45.8 Å². The van der Waals surface area contributed by atoms with Gasteiger partial charge in [0.1, 0.15) is 0 Å². The molecule has 3 aromatic heterocycles. The van der Waals surface area contributed by atoms with Crippen LogP contribution in [0.15, 0.2) is 49.2 Å². The molecule has 7 heteroatoms. The molecule has 4 rings (SSSR count). The second-order valence-corrected chi connectivity index (χ2v) is 6.67. The molecule has 136 valence electrons. The number of hydrogen-bond acceptors (Lipinski definition) is 5. The highest BCUT2D eigenvalue weighted by Crippen LogP contribution is 2.17. The van der Waals surface area contributed by atoms with Crippen LogP contribution in [0, 0.1) is 0 Å². The zero-order valence-corrected chi connectivity index (χ0v) is 15.0. The third-order valence-corrected chi connectivity index (χ3v) is 4.68. The smallest absolute Gasteiger partial charge is 0.0902 e. The second kappa shape index (κ2) is 7.80. The fourth-order valence-corrected chi connectivity index (χ4v) is 3.33. The maximum atomic E-state index is 6.22. The molecule has 0 saturated heterocycles. The summed E-state index contributed by atoms with van der Waals surface area (Å²) in [7, 11) is 0. The monoisotopic (exact) mass is 352 g/mol. The van der Waals surface area contributed by atoms with E-state index in [0.717, 1.165) is 38.3 Å². The van der Waals surface area contributed by atoms with Crippen molar-refractivity contribution in [1.82, 2.24) is 29.4 Å². The first kappa shape index (κ1) is 16.9. The normalized spacial score (nSPS) is 17.8. The SMILES string of the molecule is CCn1cc(CN2Cc3ccnn3C[C@H](OCc3ccncc3)C2)cn1.